The van der Waals surface area contributed by atoms with E-state index in [4.69, 9.17) is 0 Å². The second-order valence-corrected chi connectivity index (χ2v) is 8.55. The molecular weight excluding hydrogens is 479 g/mol. The minimum atomic E-state index is -4.58. The first-order chi connectivity index (χ1) is 17.0. The molecule has 1 fully saturated rings. The zero-order valence-corrected chi connectivity index (χ0v) is 19.3. The van der Waals surface area contributed by atoms with Gasteiger partial charge >= 0.3 is 6.18 Å². The first kappa shape index (κ1) is 25.2. The first-order valence-corrected chi connectivity index (χ1v) is 11.2. The van der Waals surface area contributed by atoms with Crippen molar-refractivity contribution < 1.29 is 28.0 Å². The number of carbonyl (C=O) groups excluding carboxylic acids is 1. The number of nitro groups is 1. The van der Waals surface area contributed by atoms with Gasteiger partial charge < -0.3 is 20.2 Å². The molecule has 3 aromatic rings. The number of nitro benzene ring substituents is 1. The predicted molar refractivity (Wildman–Crippen MR) is 128 cm³/mol. The van der Waals surface area contributed by atoms with E-state index in [2.05, 4.69) is 10.3 Å². The van der Waals surface area contributed by atoms with Crippen LogP contribution in [-0.4, -0.2) is 58.1 Å². The number of aliphatic hydroxyl groups is 1. The molecule has 12 heteroatoms. The molecule has 0 saturated carbocycles. The highest BCUT2D eigenvalue weighted by molar-refractivity contribution is 5.94. The van der Waals surface area contributed by atoms with Crippen molar-refractivity contribution in [1.82, 2.24) is 9.88 Å². The van der Waals surface area contributed by atoms with Crippen molar-refractivity contribution in [2.24, 2.45) is 0 Å². The van der Waals surface area contributed by atoms with Gasteiger partial charge in [-0.2, -0.15) is 13.2 Å². The average molecular weight is 503 g/mol. The Bertz CT molecular complexity index is 1290. The van der Waals surface area contributed by atoms with Crippen LogP contribution in [0.4, 0.5) is 30.2 Å². The van der Waals surface area contributed by atoms with Gasteiger partial charge in [0.25, 0.3) is 11.6 Å². The number of hydrogen-bond acceptors (Lipinski definition) is 7. The van der Waals surface area contributed by atoms with Crippen molar-refractivity contribution in [3.63, 3.8) is 0 Å². The molecule has 1 atom stereocenters. The molecule has 1 aromatic heterocycles. The third-order valence-electron chi connectivity index (χ3n) is 6.03. The highest BCUT2D eigenvalue weighted by Gasteiger charge is 2.32. The molecule has 0 unspecified atom stereocenters. The number of anilines is 2. The Morgan fingerprint density at radius 3 is 2.56 bits per heavy atom. The number of alkyl halides is 3. The van der Waals surface area contributed by atoms with Crippen molar-refractivity contribution in [2.45, 2.75) is 25.7 Å². The van der Waals surface area contributed by atoms with Crippen molar-refractivity contribution in [1.29, 1.82) is 0 Å². The van der Waals surface area contributed by atoms with Gasteiger partial charge in [-0.1, -0.05) is 12.1 Å². The van der Waals surface area contributed by atoms with Crippen LogP contribution in [0.5, 0.6) is 0 Å². The molecule has 190 valence electrons. The van der Waals surface area contributed by atoms with Gasteiger partial charge in [-0.3, -0.25) is 19.9 Å². The molecule has 1 amide bonds. The quantitative estimate of drug-likeness (QED) is 0.389. The van der Waals surface area contributed by atoms with Gasteiger partial charge in [-0.05, 0) is 30.7 Å². The molecule has 1 aliphatic heterocycles. The fourth-order valence-corrected chi connectivity index (χ4v) is 4.13. The number of aliphatic hydroxyl groups excluding tert-OH is 1. The van der Waals surface area contributed by atoms with E-state index in [9.17, 15) is 33.2 Å². The highest BCUT2D eigenvalue weighted by Crippen LogP contribution is 2.36. The van der Waals surface area contributed by atoms with E-state index in [1.54, 1.807) is 17.0 Å². The number of halogens is 3. The van der Waals surface area contributed by atoms with E-state index in [-0.39, 0.29) is 29.3 Å². The number of piperazine rings is 1. The maximum atomic E-state index is 13.5. The fourth-order valence-electron chi connectivity index (χ4n) is 4.13. The minimum absolute atomic E-state index is 0.0719. The van der Waals surface area contributed by atoms with Crippen LogP contribution in [-0.2, 0) is 17.5 Å². The number of rotatable bonds is 6. The van der Waals surface area contributed by atoms with Gasteiger partial charge in [0.15, 0.2) is 0 Å². The molecule has 1 saturated heterocycles. The molecule has 0 radical (unpaired) electrons. The maximum absolute atomic E-state index is 13.5. The summed E-state index contributed by atoms with van der Waals surface area (Å²) in [4.78, 5) is 30.4. The summed E-state index contributed by atoms with van der Waals surface area (Å²) in [6.45, 7) is 3.23. The van der Waals surface area contributed by atoms with Crippen molar-refractivity contribution in [2.75, 3.05) is 36.4 Å². The molecule has 1 aliphatic rings. The zero-order valence-electron chi connectivity index (χ0n) is 19.3. The Labute approximate surface area is 204 Å². The van der Waals surface area contributed by atoms with Gasteiger partial charge in [0.1, 0.15) is 6.10 Å². The summed E-state index contributed by atoms with van der Waals surface area (Å²) in [6.07, 6.45) is -4.16. The summed E-state index contributed by atoms with van der Waals surface area (Å²) in [5, 5.41) is 24.0. The lowest BCUT2D eigenvalue weighted by Gasteiger charge is -2.36. The van der Waals surface area contributed by atoms with Gasteiger partial charge in [-0.15, -0.1) is 0 Å². The van der Waals surface area contributed by atoms with Crippen molar-refractivity contribution in [3.05, 3.63) is 69.9 Å². The largest absolute Gasteiger partial charge is 0.416 e. The lowest BCUT2D eigenvalue weighted by atomic mass is 10.1. The normalized spacial score (nSPS) is 15.1. The number of non-ortho nitro benzene ring substituents is 1. The SMILES string of the molecule is C[C@H](O)C(=O)N1CCN(c2cnc3cc(C(F)(F)F)cc(NCc4cccc([N+](=O)[O-])c4)c3c2)CC1. The Balaban J connectivity index is 1.63. The second kappa shape index (κ2) is 9.97. The standard InChI is InChI=1S/C24H24F3N5O4/c1-15(33)23(34)31-7-5-30(6-8-31)19-12-20-21(10-17(24(25,26)27)11-22(20)29-14-19)28-13-16-3-2-4-18(9-16)32(35)36/h2-4,9-12,14-15,28,33H,5-8,13H2,1H3/t15-/m0/s1. The van der Waals surface area contributed by atoms with Crippen LogP contribution >= 0.6 is 0 Å². The lowest BCUT2D eigenvalue weighted by molar-refractivity contribution is -0.384. The summed E-state index contributed by atoms with van der Waals surface area (Å²) >= 11 is 0. The van der Waals surface area contributed by atoms with Crippen molar-refractivity contribution >= 4 is 33.9 Å². The molecule has 2 aromatic carbocycles. The van der Waals surface area contributed by atoms with Gasteiger partial charge in [0.2, 0.25) is 0 Å². The number of aromatic nitrogens is 1. The van der Waals surface area contributed by atoms with Crippen molar-refractivity contribution in [3.8, 4) is 0 Å². The fraction of sp³-hybridized carbons (Fsp3) is 0.333. The smallest absolute Gasteiger partial charge is 0.384 e. The number of pyridine rings is 1. The van der Waals surface area contributed by atoms with Crippen LogP contribution in [0.3, 0.4) is 0 Å². The van der Waals surface area contributed by atoms with Crippen LogP contribution in [0.2, 0.25) is 0 Å². The first-order valence-electron chi connectivity index (χ1n) is 11.2. The molecule has 0 bridgehead atoms. The number of amides is 1. The summed E-state index contributed by atoms with van der Waals surface area (Å²) in [5.41, 5.74) is 0.603. The third-order valence-corrected chi connectivity index (χ3v) is 6.03. The van der Waals surface area contributed by atoms with E-state index < -0.39 is 22.8 Å². The van der Waals surface area contributed by atoms with E-state index in [1.807, 2.05) is 4.90 Å². The number of fused-ring (bicyclic) bond motifs is 1. The molecule has 4 rings (SSSR count). The molecular formula is C24H24F3N5O4. The van der Waals surface area contributed by atoms with Crippen LogP contribution in [0, 0.1) is 10.1 Å². The lowest BCUT2D eigenvalue weighted by Crippen LogP contribution is -2.51. The number of benzene rings is 2. The van der Waals surface area contributed by atoms with E-state index in [0.29, 0.717) is 42.8 Å². The van der Waals surface area contributed by atoms with E-state index >= 15 is 0 Å². The van der Waals surface area contributed by atoms with Gasteiger partial charge in [0, 0.05) is 55.9 Å². The molecule has 0 aliphatic carbocycles. The Morgan fingerprint density at radius 1 is 1.19 bits per heavy atom. The molecule has 0 spiro atoms. The topological polar surface area (TPSA) is 112 Å². The summed E-state index contributed by atoms with van der Waals surface area (Å²) in [5.74, 6) is -0.349. The van der Waals surface area contributed by atoms with Crippen LogP contribution in [0.1, 0.15) is 18.1 Å². The van der Waals surface area contributed by atoms with Crippen LogP contribution in [0.25, 0.3) is 10.9 Å². The van der Waals surface area contributed by atoms with Gasteiger partial charge in [0.05, 0.1) is 27.9 Å². The molecule has 36 heavy (non-hydrogen) atoms. The summed E-state index contributed by atoms with van der Waals surface area (Å²) in [7, 11) is 0. The zero-order chi connectivity index (χ0) is 26.0. The Morgan fingerprint density at radius 2 is 1.92 bits per heavy atom. The maximum Gasteiger partial charge on any atom is 0.416 e. The minimum Gasteiger partial charge on any atom is -0.384 e. The highest BCUT2D eigenvalue weighted by atomic mass is 19.4. The molecule has 2 N–H and O–H groups in total. The Kier molecular flexibility index (Phi) is 6.97. The predicted octanol–water partition coefficient (Wildman–Crippen LogP) is 3.80. The average Bonchev–Trinajstić information content (AvgIpc) is 2.86. The molecule has 2 heterocycles. The second-order valence-electron chi connectivity index (χ2n) is 8.55. The number of nitrogens with zero attached hydrogens (tertiary/aromatic N) is 4. The molecule has 9 nitrogen and oxygen atoms in total. The number of nitrogens with one attached hydrogen (secondary N) is 1. The Hall–Kier alpha value is -3.93. The monoisotopic (exact) mass is 503 g/mol. The summed E-state index contributed by atoms with van der Waals surface area (Å²) in [6, 6.07) is 9.59. The van der Waals surface area contributed by atoms with Crippen LogP contribution < -0.4 is 10.2 Å². The summed E-state index contributed by atoms with van der Waals surface area (Å²) < 4.78 is 40.6. The number of carbonyl (C=O) groups is 1. The number of hydrogen-bond donors (Lipinski definition) is 2. The van der Waals surface area contributed by atoms with Gasteiger partial charge in [-0.25, -0.2) is 0 Å². The van der Waals surface area contributed by atoms with Crippen LogP contribution in [0.15, 0.2) is 48.7 Å². The van der Waals surface area contributed by atoms with E-state index in [1.165, 1.54) is 31.3 Å². The van der Waals surface area contributed by atoms with E-state index in [0.717, 1.165) is 12.1 Å². The third kappa shape index (κ3) is 5.48.